The summed E-state index contributed by atoms with van der Waals surface area (Å²) in [7, 11) is 0. The number of rotatable bonds is 12. The van der Waals surface area contributed by atoms with Crippen LogP contribution in [0.25, 0.3) is 0 Å². The Morgan fingerprint density at radius 2 is 1.46 bits per heavy atom. The van der Waals surface area contributed by atoms with Crippen molar-refractivity contribution in [2.24, 2.45) is 5.92 Å². The Kier molecular flexibility index (Phi) is 11.3. The quantitative estimate of drug-likeness (QED) is 0.173. The summed E-state index contributed by atoms with van der Waals surface area (Å²) in [4.78, 5) is 26.4. The van der Waals surface area contributed by atoms with E-state index in [1.165, 1.54) is 25.0 Å². The molecule has 8 heteroatoms. The number of aliphatic hydroxyl groups is 1. The van der Waals surface area contributed by atoms with Gasteiger partial charge in [0, 0.05) is 43.7 Å². The molecule has 1 heterocycles. The molecule has 8 nitrogen and oxygen atoms in total. The summed E-state index contributed by atoms with van der Waals surface area (Å²) in [6, 6.07) is 36.1. The zero-order chi connectivity index (χ0) is 32.5. The molecule has 46 heavy (non-hydrogen) atoms. The Labute approximate surface area is 270 Å². The summed E-state index contributed by atoms with van der Waals surface area (Å²) >= 11 is 0. The van der Waals surface area contributed by atoms with Gasteiger partial charge < -0.3 is 24.6 Å². The fourth-order valence-corrected chi connectivity index (χ4v) is 5.76. The van der Waals surface area contributed by atoms with E-state index >= 15 is 0 Å². The van der Waals surface area contributed by atoms with E-state index in [1.54, 1.807) is 6.07 Å². The molecule has 0 bridgehead atoms. The second-order valence-corrected chi connectivity index (χ2v) is 11.8. The lowest BCUT2D eigenvalue weighted by atomic mass is 9.89. The fraction of sp³-hybridized carbons (Fsp3) is 0.316. The minimum Gasteiger partial charge on any atom is -0.453 e. The van der Waals surface area contributed by atoms with E-state index in [4.69, 9.17) is 14.2 Å². The zero-order valence-corrected chi connectivity index (χ0v) is 26.5. The molecule has 0 spiro atoms. The first kappa shape index (κ1) is 33.0. The molecule has 0 saturated carbocycles. The Bertz CT molecular complexity index is 1520. The normalized spacial score (nSPS) is 20.2. The molecule has 2 N–H and O–H groups in total. The SMILES string of the molecule is CC(=O)O[C@@H](C)C(=O)Nc1cccc([C@H]2O[C@@H](CN(Cc3ccccc3)Cc3ccccc3)[C@@H](C)[C@@H](c3ccc(CO)cc3)O2)c1. The molecule has 1 aliphatic rings. The van der Waals surface area contributed by atoms with Crippen LogP contribution in [-0.4, -0.2) is 40.6 Å². The highest BCUT2D eigenvalue weighted by molar-refractivity contribution is 5.95. The number of hydrogen-bond donors (Lipinski definition) is 2. The summed E-state index contributed by atoms with van der Waals surface area (Å²) in [6.45, 7) is 7.10. The van der Waals surface area contributed by atoms with Crippen LogP contribution in [0.5, 0.6) is 0 Å². The van der Waals surface area contributed by atoms with Gasteiger partial charge in [0.25, 0.3) is 5.91 Å². The van der Waals surface area contributed by atoms with Gasteiger partial charge in [-0.2, -0.15) is 0 Å². The Morgan fingerprint density at radius 1 is 0.826 bits per heavy atom. The lowest BCUT2D eigenvalue weighted by Gasteiger charge is -2.43. The van der Waals surface area contributed by atoms with Crippen molar-refractivity contribution in [2.75, 3.05) is 11.9 Å². The predicted octanol–water partition coefficient (Wildman–Crippen LogP) is 6.56. The monoisotopic (exact) mass is 622 g/mol. The van der Waals surface area contributed by atoms with Gasteiger partial charge in [0.05, 0.1) is 18.8 Å². The molecule has 4 aromatic carbocycles. The smallest absolute Gasteiger partial charge is 0.303 e. The fourth-order valence-electron chi connectivity index (χ4n) is 5.76. The lowest BCUT2D eigenvalue weighted by Crippen LogP contribution is -2.44. The van der Waals surface area contributed by atoms with Crippen LogP contribution in [0, 0.1) is 5.92 Å². The largest absolute Gasteiger partial charge is 0.453 e. The first-order valence-electron chi connectivity index (χ1n) is 15.7. The summed E-state index contributed by atoms with van der Waals surface area (Å²) in [5, 5.41) is 12.4. The molecule has 5 rings (SSSR count). The number of nitrogens with one attached hydrogen (secondary N) is 1. The second-order valence-electron chi connectivity index (χ2n) is 11.8. The summed E-state index contributed by atoms with van der Waals surface area (Å²) < 4.78 is 18.5. The van der Waals surface area contributed by atoms with E-state index in [0.717, 1.165) is 29.8 Å². The summed E-state index contributed by atoms with van der Waals surface area (Å²) in [5.74, 6) is -0.950. The van der Waals surface area contributed by atoms with E-state index in [0.29, 0.717) is 12.2 Å². The molecule has 1 aliphatic heterocycles. The first-order chi connectivity index (χ1) is 22.3. The highest BCUT2D eigenvalue weighted by Crippen LogP contribution is 2.42. The van der Waals surface area contributed by atoms with Crippen molar-refractivity contribution in [1.29, 1.82) is 0 Å². The van der Waals surface area contributed by atoms with Crippen molar-refractivity contribution < 1.29 is 28.9 Å². The van der Waals surface area contributed by atoms with Gasteiger partial charge in [-0.3, -0.25) is 14.5 Å². The van der Waals surface area contributed by atoms with Crippen LogP contribution >= 0.6 is 0 Å². The van der Waals surface area contributed by atoms with Crippen LogP contribution in [0.3, 0.4) is 0 Å². The first-order valence-corrected chi connectivity index (χ1v) is 15.7. The van der Waals surface area contributed by atoms with Gasteiger partial charge in [-0.1, -0.05) is 104 Å². The third kappa shape index (κ3) is 8.89. The van der Waals surface area contributed by atoms with Gasteiger partial charge in [0.1, 0.15) is 0 Å². The number of nitrogens with zero attached hydrogens (tertiary/aromatic N) is 1. The van der Waals surface area contributed by atoms with E-state index in [1.807, 2.05) is 54.6 Å². The maximum atomic E-state index is 12.7. The molecular weight excluding hydrogens is 580 g/mol. The molecule has 0 unspecified atom stereocenters. The maximum Gasteiger partial charge on any atom is 0.303 e. The van der Waals surface area contributed by atoms with E-state index < -0.39 is 24.3 Å². The van der Waals surface area contributed by atoms with Crippen LogP contribution in [0.1, 0.15) is 61.0 Å². The summed E-state index contributed by atoms with van der Waals surface area (Å²) in [6.07, 6.45) is -2.12. The number of ether oxygens (including phenoxy) is 3. The molecule has 1 amide bonds. The molecule has 0 radical (unpaired) electrons. The molecule has 0 aliphatic carbocycles. The van der Waals surface area contributed by atoms with Crippen LogP contribution in [0.2, 0.25) is 0 Å². The van der Waals surface area contributed by atoms with Crippen molar-refractivity contribution in [3.8, 4) is 0 Å². The zero-order valence-electron chi connectivity index (χ0n) is 26.5. The number of benzene rings is 4. The minimum absolute atomic E-state index is 0.00209. The van der Waals surface area contributed by atoms with Gasteiger partial charge in [-0.05, 0) is 41.3 Å². The van der Waals surface area contributed by atoms with Gasteiger partial charge >= 0.3 is 5.97 Å². The van der Waals surface area contributed by atoms with Crippen LogP contribution in [-0.2, 0) is 43.5 Å². The van der Waals surface area contributed by atoms with Gasteiger partial charge in [0.2, 0.25) is 0 Å². The summed E-state index contributed by atoms with van der Waals surface area (Å²) in [5.41, 5.74) is 5.57. The van der Waals surface area contributed by atoms with Crippen molar-refractivity contribution in [3.05, 3.63) is 137 Å². The molecule has 1 saturated heterocycles. The Hall–Kier alpha value is -4.34. The number of hydrogen-bond acceptors (Lipinski definition) is 7. The molecular formula is C38H42N2O6. The maximum absolute atomic E-state index is 12.7. The topological polar surface area (TPSA) is 97.3 Å². The number of anilines is 1. The van der Waals surface area contributed by atoms with Crippen LogP contribution in [0.15, 0.2) is 109 Å². The number of carbonyl (C=O) groups is 2. The van der Waals surface area contributed by atoms with Crippen LogP contribution < -0.4 is 5.32 Å². The van der Waals surface area contributed by atoms with Crippen molar-refractivity contribution in [1.82, 2.24) is 4.90 Å². The average molecular weight is 623 g/mol. The van der Waals surface area contributed by atoms with E-state index in [9.17, 15) is 14.7 Å². The Balaban J connectivity index is 1.43. The highest BCUT2D eigenvalue weighted by atomic mass is 16.7. The average Bonchev–Trinajstić information content (AvgIpc) is 3.06. The number of esters is 1. The Morgan fingerprint density at radius 3 is 2.04 bits per heavy atom. The third-order valence-electron chi connectivity index (χ3n) is 8.20. The number of carbonyl (C=O) groups excluding carboxylic acids is 2. The molecule has 1 fully saturated rings. The van der Waals surface area contributed by atoms with Crippen molar-refractivity contribution in [2.45, 2.75) is 65.1 Å². The van der Waals surface area contributed by atoms with E-state index in [-0.39, 0.29) is 24.7 Å². The number of amides is 1. The van der Waals surface area contributed by atoms with Crippen molar-refractivity contribution in [3.63, 3.8) is 0 Å². The van der Waals surface area contributed by atoms with Gasteiger partial charge in [-0.15, -0.1) is 0 Å². The van der Waals surface area contributed by atoms with Crippen LogP contribution in [0.4, 0.5) is 5.69 Å². The molecule has 4 aromatic rings. The number of aliphatic hydroxyl groups excluding tert-OH is 1. The molecule has 5 atom stereocenters. The molecule has 0 aromatic heterocycles. The van der Waals surface area contributed by atoms with Crippen molar-refractivity contribution >= 4 is 17.6 Å². The van der Waals surface area contributed by atoms with Gasteiger partial charge in [0.15, 0.2) is 12.4 Å². The van der Waals surface area contributed by atoms with E-state index in [2.05, 4.69) is 65.7 Å². The standard InChI is InChI=1S/C38H42N2O6/c1-26-35(24-40(22-29-11-6-4-7-12-29)23-30-13-8-5-9-14-30)45-38(46-36(26)32-19-17-31(25-41)18-20-32)33-15-10-16-34(21-33)39-37(43)27(2)44-28(3)42/h4-21,26-27,35-36,38,41H,22-25H2,1-3H3,(H,39,43)/t26-,27+,35+,36+,38+/m1/s1. The van der Waals surface area contributed by atoms with Gasteiger partial charge in [-0.25, -0.2) is 0 Å². The second kappa shape index (κ2) is 15.8. The third-order valence-corrected chi connectivity index (χ3v) is 8.20. The predicted molar refractivity (Wildman–Crippen MR) is 176 cm³/mol. The minimum atomic E-state index is -0.931. The molecule has 240 valence electrons. The lowest BCUT2D eigenvalue weighted by molar-refractivity contribution is -0.276. The highest BCUT2D eigenvalue weighted by Gasteiger charge is 2.39.